The molecule has 6 nitrogen and oxygen atoms in total. The summed E-state index contributed by atoms with van der Waals surface area (Å²) >= 11 is 15.6. The third-order valence-electron chi connectivity index (χ3n) is 6.33. The molecule has 0 aliphatic carbocycles. The van der Waals surface area contributed by atoms with Gasteiger partial charge in [0.25, 0.3) is 0 Å². The van der Waals surface area contributed by atoms with Crippen LogP contribution in [0.5, 0.6) is 0 Å². The standard InChI is InChI=1S/C29H23Cl2IN2O4/c1-3-37-28(35)33-21-16-9-8-13-18(21)23-22(19-14-10-15-20(30)24(19)31)25(32)26(17-11-6-5-7-12-17)34(27(23)33)29(36)38-4-2/h5-16,22H,3-4H2,1-2H3. The molecule has 1 aliphatic rings. The second-order valence-corrected chi connectivity index (χ2v) is 10.4. The lowest BCUT2D eigenvalue weighted by molar-refractivity contribution is 0.154. The van der Waals surface area contributed by atoms with Crippen LogP contribution < -0.4 is 4.90 Å². The molecule has 1 amide bonds. The molecule has 9 heteroatoms. The van der Waals surface area contributed by atoms with Gasteiger partial charge in [-0.2, -0.15) is 0 Å². The van der Waals surface area contributed by atoms with Gasteiger partial charge in [-0.15, -0.1) is 0 Å². The van der Waals surface area contributed by atoms with E-state index in [0.29, 0.717) is 27.1 Å². The Bertz CT molecular complexity index is 1580. The normalized spacial score (nSPS) is 15.0. The van der Waals surface area contributed by atoms with E-state index < -0.39 is 18.1 Å². The third kappa shape index (κ3) is 4.36. The molecule has 0 saturated heterocycles. The van der Waals surface area contributed by atoms with Crippen molar-refractivity contribution in [3.05, 3.63) is 103 Å². The number of hydrogen-bond donors (Lipinski definition) is 0. The molecule has 1 atom stereocenters. The van der Waals surface area contributed by atoms with Gasteiger partial charge < -0.3 is 9.47 Å². The first-order chi connectivity index (χ1) is 18.4. The number of hydrogen-bond acceptors (Lipinski definition) is 4. The summed E-state index contributed by atoms with van der Waals surface area (Å²) in [5.41, 5.74) is 3.46. The predicted molar refractivity (Wildman–Crippen MR) is 160 cm³/mol. The summed E-state index contributed by atoms with van der Waals surface area (Å²) in [7, 11) is 0. The van der Waals surface area contributed by atoms with Crippen LogP contribution in [0.1, 0.15) is 36.5 Å². The van der Waals surface area contributed by atoms with E-state index in [4.69, 9.17) is 32.7 Å². The summed E-state index contributed by atoms with van der Waals surface area (Å²) in [6, 6.07) is 22.5. The second kappa shape index (κ2) is 11.0. The molecule has 38 heavy (non-hydrogen) atoms. The lowest BCUT2D eigenvalue weighted by atomic mass is 9.85. The predicted octanol–water partition coefficient (Wildman–Crippen LogP) is 8.86. The Morgan fingerprint density at radius 1 is 0.868 bits per heavy atom. The van der Waals surface area contributed by atoms with Gasteiger partial charge in [0, 0.05) is 20.4 Å². The van der Waals surface area contributed by atoms with Crippen molar-refractivity contribution < 1.29 is 19.1 Å². The molecule has 0 bridgehead atoms. The zero-order valence-electron chi connectivity index (χ0n) is 20.6. The van der Waals surface area contributed by atoms with Crippen molar-refractivity contribution in [2.75, 3.05) is 18.1 Å². The van der Waals surface area contributed by atoms with E-state index in [9.17, 15) is 9.59 Å². The van der Waals surface area contributed by atoms with Crippen molar-refractivity contribution in [1.82, 2.24) is 4.57 Å². The van der Waals surface area contributed by atoms with Gasteiger partial charge >= 0.3 is 12.2 Å². The fourth-order valence-corrected chi connectivity index (χ4v) is 6.49. The SMILES string of the molecule is CCOC(=O)N1C(c2ccccc2)=C(I)C(c2cccc(Cl)c2Cl)c2c1n(C(=O)OCC)c1ccccc21. The molecule has 3 aromatic carbocycles. The van der Waals surface area contributed by atoms with Crippen LogP contribution >= 0.6 is 45.8 Å². The lowest BCUT2D eigenvalue weighted by Gasteiger charge is -2.35. The summed E-state index contributed by atoms with van der Waals surface area (Å²) < 4.78 is 13.3. The first kappa shape index (κ1) is 26.6. The second-order valence-electron chi connectivity index (χ2n) is 8.46. The van der Waals surface area contributed by atoms with Gasteiger partial charge in [-0.05, 0) is 59.7 Å². The maximum absolute atomic E-state index is 13.7. The molecule has 0 N–H and O–H groups in total. The average Bonchev–Trinajstić information content (AvgIpc) is 3.25. The number of carbonyl (C=O) groups is 2. The van der Waals surface area contributed by atoms with Crippen molar-refractivity contribution in [2.45, 2.75) is 19.8 Å². The van der Waals surface area contributed by atoms with Crippen molar-refractivity contribution in [2.24, 2.45) is 0 Å². The summed E-state index contributed by atoms with van der Waals surface area (Å²) in [4.78, 5) is 28.7. The van der Waals surface area contributed by atoms with Gasteiger partial charge in [-0.3, -0.25) is 0 Å². The zero-order chi connectivity index (χ0) is 27.0. The molecular weight excluding hydrogens is 638 g/mol. The van der Waals surface area contributed by atoms with E-state index in [1.807, 2.05) is 66.7 Å². The van der Waals surface area contributed by atoms with Crippen LogP contribution in [-0.2, 0) is 9.47 Å². The quantitative estimate of drug-likeness (QED) is 0.205. The number of rotatable bonds is 4. The number of benzene rings is 3. The Kier molecular flexibility index (Phi) is 7.70. The van der Waals surface area contributed by atoms with Gasteiger partial charge in [0.1, 0.15) is 5.82 Å². The summed E-state index contributed by atoms with van der Waals surface area (Å²) in [6.45, 7) is 3.81. The van der Waals surface area contributed by atoms with E-state index in [0.717, 1.165) is 25.7 Å². The molecule has 0 spiro atoms. The summed E-state index contributed by atoms with van der Waals surface area (Å²) in [6.07, 6.45) is -1.20. The fraction of sp³-hybridized carbons (Fsp3) is 0.172. The number of amides is 1. The topological polar surface area (TPSA) is 60.8 Å². The van der Waals surface area contributed by atoms with E-state index in [-0.39, 0.29) is 13.2 Å². The molecule has 0 radical (unpaired) electrons. The number of para-hydroxylation sites is 1. The molecule has 5 rings (SSSR count). The molecule has 1 aromatic heterocycles. The number of carbonyl (C=O) groups excluding carboxylic acids is 2. The van der Waals surface area contributed by atoms with Crippen molar-refractivity contribution in [3.63, 3.8) is 0 Å². The number of aromatic nitrogens is 1. The Morgan fingerprint density at radius 3 is 2.24 bits per heavy atom. The minimum absolute atomic E-state index is 0.159. The highest BCUT2D eigenvalue weighted by Gasteiger charge is 2.43. The van der Waals surface area contributed by atoms with Gasteiger partial charge in [0.15, 0.2) is 0 Å². The fourth-order valence-electron chi connectivity index (χ4n) is 4.87. The number of nitrogens with zero attached hydrogens (tertiary/aromatic N) is 2. The highest BCUT2D eigenvalue weighted by molar-refractivity contribution is 14.1. The zero-order valence-corrected chi connectivity index (χ0v) is 24.3. The summed E-state index contributed by atoms with van der Waals surface area (Å²) in [5.74, 6) is -0.0818. The maximum atomic E-state index is 13.7. The van der Waals surface area contributed by atoms with Gasteiger partial charge in [0.2, 0.25) is 0 Å². The van der Waals surface area contributed by atoms with Crippen LogP contribution in [0.2, 0.25) is 10.0 Å². The van der Waals surface area contributed by atoms with E-state index in [1.165, 1.54) is 9.47 Å². The Hall–Kier alpha value is -3.01. The Labute approximate surface area is 243 Å². The summed E-state index contributed by atoms with van der Waals surface area (Å²) in [5, 5.41) is 1.61. The molecular formula is C29H23Cl2IN2O4. The largest absolute Gasteiger partial charge is 0.449 e. The van der Waals surface area contributed by atoms with E-state index >= 15 is 0 Å². The number of allylic oxidation sites excluding steroid dienone is 1. The first-order valence-corrected chi connectivity index (χ1v) is 13.9. The van der Waals surface area contributed by atoms with Gasteiger partial charge in [-0.25, -0.2) is 19.1 Å². The number of ether oxygens (including phenoxy) is 2. The van der Waals surface area contributed by atoms with E-state index in [1.54, 1.807) is 19.9 Å². The maximum Gasteiger partial charge on any atom is 0.420 e. The van der Waals surface area contributed by atoms with E-state index in [2.05, 4.69) is 22.6 Å². The minimum Gasteiger partial charge on any atom is -0.449 e. The molecule has 0 fully saturated rings. The molecule has 194 valence electrons. The highest BCUT2D eigenvalue weighted by atomic mass is 127. The van der Waals surface area contributed by atoms with Crippen molar-refractivity contribution >= 4 is 80.4 Å². The smallest absolute Gasteiger partial charge is 0.420 e. The van der Waals surface area contributed by atoms with Gasteiger partial charge in [0.05, 0.1) is 34.5 Å². The molecule has 1 unspecified atom stereocenters. The number of fused-ring (bicyclic) bond motifs is 3. The molecule has 2 heterocycles. The Morgan fingerprint density at radius 2 is 1.53 bits per heavy atom. The lowest BCUT2D eigenvalue weighted by Crippen LogP contribution is -2.37. The highest BCUT2D eigenvalue weighted by Crippen LogP contribution is 2.55. The monoisotopic (exact) mass is 660 g/mol. The molecule has 0 saturated carbocycles. The van der Waals surface area contributed by atoms with Crippen LogP contribution in [0.15, 0.2) is 76.4 Å². The third-order valence-corrected chi connectivity index (χ3v) is 8.30. The van der Waals surface area contributed by atoms with Crippen molar-refractivity contribution in [1.29, 1.82) is 0 Å². The van der Waals surface area contributed by atoms with Crippen LogP contribution in [-0.4, -0.2) is 30.0 Å². The van der Waals surface area contributed by atoms with Crippen LogP contribution in [0.25, 0.3) is 16.6 Å². The minimum atomic E-state index is -0.606. The Balaban J connectivity index is 1.97. The van der Waals surface area contributed by atoms with Crippen LogP contribution in [0.3, 0.4) is 0 Å². The van der Waals surface area contributed by atoms with Crippen molar-refractivity contribution in [3.8, 4) is 0 Å². The first-order valence-electron chi connectivity index (χ1n) is 12.1. The van der Waals surface area contributed by atoms with Crippen LogP contribution in [0.4, 0.5) is 15.4 Å². The average molecular weight is 661 g/mol. The number of halogens is 3. The van der Waals surface area contributed by atoms with Crippen LogP contribution in [0, 0.1) is 0 Å². The van der Waals surface area contributed by atoms with Gasteiger partial charge in [-0.1, -0.05) is 83.9 Å². The molecule has 1 aliphatic heterocycles. The molecule has 4 aromatic rings. The number of anilines is 1.